The zero-order valence-electron chi connectivity index (χ0n) is 16.7. The Labute approximate surface area is 175 Å². The van der Waals surface area contributed by atoms with Gasteiger partial charge in [-0.25, -0.2) is 4.79 Å². The fourth-order valence-electron chi connectivity index (χ4n) is 5.10. The predicted molar refractivity (Wildman–Crippen MR) is 118 cm³/mol. The first-order valence-corrected chi connectivity index (χ1v) is 11.1. The van der Waals surface area contributed by atoms with Gasteiger partial charge in [-0.15, -0.1) is 6.58 Å². The van der Waals surface area contributed by atoms with E-state index >= 15 is 0 Å². The maximum atomic E-state index is 12.7. The number of aromatic nitrogens is 1. The van der Waals surface area contributed by atoms with E-state index in [0.29, 0.717) is 12.0 Å². The Balaban J connectivity index is 1.67. The van der Waals surface area contributed by atoms with Gasteiger partial charge in [0, 0.05) is 55.1 Å². The van der Waals surface area contributed by atoms with Gasteiger partial charge in [0.05, 0.1) is 4.60 Å². The molecule has 28 heavy (non-hydrogen) atoms. The Morgan fingerprint density at radius 2 is 2.21 bits per heavy atom. The molecular formula is C22H29BrN4O. The van der Waals surface area contributed by atoms with E-state index in [1.807, 2.05) is 24.8 Å². The number of hydrogen-bond donors (Lipinski definition) is 2. The summed E-state index contributed by atoms with van der Waals surface area (Å²) >= 11 is 3.73. The van der Waals surface area contributed by atoms with Crippen LogP contribution in [0.2, 0.25) is 0 Å². The summed E-state index contributed by atoms with van der Waals surface area (Å²) in [6.07, 6.45) is 3.98. The minimum Gasteiger partial charge on any atom is -0.349 e. The average Bonchev–Trinajstić information content (AvgIpc) is 3.00. The molecule has 2 aliphatic rings. The minimum absolute atomic E-state index is 0.0473. The summed E-state index contributed by atoms with van der Waals surface area (Å²) in [5.41, 5.74) is 3.98. The topological polar surface area (TPSA) is 51.4 Å². The number of likely N-dealkylation sites (tertiary alicyclic amines) is 1. The lowest BCUT2D eigenvalue weighted by Crippen LogP contribution is -2.57. The Kier molecular flexibility index (Phi) is 5.52. The number of nitrogens with zero attached hydrogens (tertiary/aromatic N) is 2. The van der Waals surface area contributed by atoms with Crippen LogP contribution in [-0.2, 0) is 6.42 Å². The number of rotatable bonds is 5. The van der Waals surface area contributed by atoms with Gasteiger partial charge in [0.25, 0.3) is 0 Å². The molecule has 2 aromatic rings. The second-order valence-corrected chi connectivity index (χ2v) is 8.66. The molecule has 0 unspecified atom stereocenters. The van der Waals surface area contributed by atoms with Crippen LogP contribution in [0.1, 0.15) is 37.3 Å². The van der Waals surface area contributed by atoms with Crippen LogP contribution in [0.15, 0.2) is 35.5 Å². The molecule has 0 spiro atoms. The number of hydrogen-bond acceptors (Lipinski definition) is 2. The maximum Gasteiger partial charge on any atom is 0.317 e. The molecule has 150 valence electrons. The van der Waals surface area contributed by atoms with Crippen LogP contribution in [0.5, 0.6) is 0 Å². The summed E-state index contributed by atoms with van der Waals surface area (Å²) in [6.45, 7) is 11.2. The molecule has 1 aliphatic heterocycles. The summed E-state index contributed by atoms with van der Waals surface area (Å²) in [5, 5.41) is 4.66. The molecule has 0 saturated carbocycles. The van der Waals surface area contributed by atoms with Crippen molar-refractivity contribution >= 4 is 32.9 Å². The fourth-order valence-corrected chi connectivity index (χ4v) is 5.67. The highest BCUT2D eigenvalue weighted by Crippen LogP contribution is 2.45. The number of H-pyrrole nitrogens is 1. The number of nitrogens with one attached hydrogen (secondary N) is 2. The van der Waals surface area contributed by atoms with Gasteiger partial charge in [0.15, 0.2) is 0 Å². The lowest BCUT2D eigenvalue weighted by atomic mass is 9.74. The van der Waals surface area contributed by atoms with E-state index in [2.05, 4.69) is 55.9 Å². The van der Waals surface area contributed by atoms with Gasteiger partial charge in [0.2, 0.25) is 0 Å². The van der Waals surface area contributed by atoms with Gasteiger partial charge in [-0.05, 0) is 59.8 Å². The van der Waals surface area contributed by atoms with Crippen LogP contribution in [0.25, 0.3) is 10.9 Å². The number of carbonyl (C=O) groups excluding carboxylic acids is 1. The summed E-state index contributed by atoms with van der Waals surface area (Å²) in [6, 6.07) is 7.19. The molecule has 5 nitrogen and oxygen atoms in total. The zero-order valence-corrected chi connectivity index (χ0v) is 18.3. The van der Waals surface area contributed by atoms with Crippen molar-refractivity contribution in [3.8, 4) is 0 Å². The normalized spacial score (nSPS) is 24.0. The van der Waals surface area contributed by atoms with Crippen molar-refractivity contribution in [3.05, 3.63) is 46.6 Å². The molecule has 2 N–H and O–H groups in total. The quantitative estimate of drug-likeness (QED) is 0.677. The van der Waals surface area contributed by atoms with Crippen LogP contribution in [0, 0.1) is 0 Å². The molecule has 2 heterocycles. The van der Waals surface area contributed by atoms with E-state index in [0.717, 1.165) is 43.6 Å². The summed E-state index contributed by atoms with van der Waals surface area (Å²) in [5.74, 6) is 0.412. The van der Waals surface area contributed by atoms with Crippen LogP contribution in [0.3, 0.4) is 0 Å². The standard InChI is InChI=1S/C22H29BrN4O/c1-4-10-27-13-14(24-22(28)26(5-2)6-3)11-16-15-8-7-9-18-20(15)17(12-19(16)27)21(23)25-18/h4,7-9,14,16,19,25H,1,5-6,10-13H2,2-3H3,(H,24,28)/t14-,16+,19+/m0/s1. The highest BCUT2D eigenvalue weighted by Gasteiger charge is 2.41. The van der Waals surface area contributed by atoms with Gasteiger partial charge in [0.1, 0.15) is 0 Å². The number of amides is 2. The molecule has 1 aromatic heterocycles. The molecule has 0 radical (unpaired) electrons. The third kappa shape index (κ3) is 3.26. The van der Waals surface area contributed by atoms with E-state index in [1.165, 1.54) is 22.0 Å². The highest BCUT2D eigenvalue weighted by atomic mass is 79.9. The largest absolute Gasteiger partial charge is 0.349 e. The minimum atomic E-state index is 0.0473. The number of halogens is 1. The summed E-state index contributed by atoms with van der Waals surface area (Å²) in [4.78, 5) is 20.5. The predicted octanol–water partition coefficient (Wildman–Crippen LogP) is 4.25. The molecule has 1 aliphatic carbocycles. The van der Waals surface area contributed by atoms with Gasteiger partial charge in [-0.3, -0.25) is 4.90 Å². The van der Waals surface area contributed by atoms with Crippen molar-refractivity contribution in [2.75, 3.05) is 26.2 Å². The number of piperidine rings is 1. The average molecular weight is 445 g/mol. The smallest absolute Gasteiger partial charge is 0.317 e. The SMILES string of the molecule is C=CCN1C[C@@H](NC(=O)N(CC)CC)C[C@@H]2c3cccc4[nH]c(Br)c(c34)C[C@H]21. The monoisotopic (exact) mass is 444 g/mol. The first kappa shape index (κ1) is 19.5. The number of carbonyl (C=O) groups is 1. The van der Waals surface area contributed by atoms with Crippen LogP contribution in [0.4, 0.5) is 4.79 Å². The third-order valence-electron chi connectivity index (χ3n) is 6.39. The molecule has 2 amide bonds. The van der Waals surface area contributed by atoms with Crippen molar-refractivity contribution in [2.45, 2.75) is 44.7 Å². The zero-order chi connectivity index (χ0) is 19.8. The van der Waals surface area contributed by atoms with Gasteiger partial charge in [-0.1, -0.05) is 18.2 Å². The van der Waals surface area contributed by atoms with Crippen molar-refractivity contribution in [1.82, 2.24) is 20.1 Å². The van der Waals surface area contributed by atoms with Crippen molar-refractivity contribution < 1.29 is 4.79 Å². The fraction of sp³-hybridized carbons (Fsp3) is 0.500. The summed E-state index contributed by atoms with van der Waals surface area (Å²) in [7, 11) is 0. The Bertz CT molecular complexity index is 888. The lowest BCUT2D eigenvalue weighted by Gasteiger charge is -2.47. The van der Waals surface area contributed by atoms with Crippen LogP contribution >= 0.6 is 15.9 Å². The Morgan fingerprint density at radius 1 is 1.43 bits per heavy atom. The molecule has 6 heteroatoms. The van der Waals surface area contributed by atoms with Crippen molar-refractivity contribution in [1.29, 1.82) is 0 Å². The second-order valence-electron chi connectivity index (χ2n) is 7.86. The van der Waals surface area contributed by atoms with Gasteiger partial charge in [-0.2, -0.15) is 0 Å². The molecule has 1 aromatic carbocycles. The number of aromatic amines is 1. The molecule has 1 saturated heterocycles. The molecule has 0 bridgehead atoms. The van der Waals surface area contributed by atoms with E-state index < -0.39 is 0 Å². The number of urea groups is 1. The van der Waals surface area contributed by atoms with Gasteiger partial charge >= 0.3 is 6.03 Å². The second kappa shape index (κ2) is 7.91. The van der Waals surface area contributed by atoms with Crippen LogP contribution < -0.4 is 5.32 Å². The molecule has 1 fully saturated rings. The number of fused-ring (bicyclic) bond motifs is 2. The Morgan fingerprint density at radius 3 is 2.93 bits per heavy atom. The lowest BCUT2D eigenvalue weighted by molar-refractivity contribution is 0.110. The molecule has 3 atom stereocenters. The van der Waals surface area contributed by atoms with Crippen molar-refractivity contribution in [3.63, 3.8) is 0 Å². The van der Waals surface area contributed by atoms with Crippen LogP contribution in [-0.4, -0.2) is 59.1 Å². The van der Waals surface area contributed by atoms with Gasteiger partial charge < -0.3 is 15.2 Å². The highest BCUT2D eigenvalue weighted by molar-refractivity contribution is 9.10. The van der Waals surface area contributed by atoms with Crippen molar-refractivity contribution in [2.24, 2.45) is 0 Å². The van der Waals surface area contributed by atoms with E-state index in [-0.39, 0.29) is 12.1 Å². The molecule has 4 rings (SSSR count). The van der Waals surface area contributed by atoms with E-state index in [4.69, 9.17) is 0 Å². The van der Waals surface area contributed by atoms with E-state index in [9.17, 15) is 4.79 Å². The summed E-state index contributed by atoms with van der Waals surface area (Å²) < 4.78 is 1.10. The first-order chi connectivity index (χ1) is 13.6. The molecular weight excluding hydrogens is 416 g/mol. The third-order valence-corrected chi connectivity index (χ3v) is 7.07. The Hall–Kier alpha value is -1.79. The first-order valence-electron chi connectivity index (χ1n) is 10.3. The number of benzene rings is 1. The van der Waals surface area contributed by atoms with E-state index in [1.54, 1.807) is 0 Å². The maximum absolute atomic E-state index is 12.7.